The lowest BCUT2D eigenvalue weighted by atomic mass is 10.1. The van der Waals surface area contributed by atoms with Crippen molar-refractivity contribution in [1.82, 2.24) is 4.98 Å². The van der Waals surface area contributed by atoms with Crippen molar-refractivity contribution in [2.45, 2.75) is 18.3 Å². The molecule has 102 valence electrons. The Bertz CT molecular complexity index is 449. The van der Waals surface area contributed by atoms with Crippen LogP contribution in [0, 0.1) is 0 Å². The molecular weight excluding hydrogens is 298 g/mol. The second-order valence-electron chi connectivity index (χ2n) is 3.10. The molecule has 1 heterocycles. The predicted octanol–water partition coefficient (Wildman–Crippen LogP) is 4.41. The molecule has 0 fully saturated rings. The van der Waals surface area contributed by atoms with Crippen molar-refractivity contribution in [1.29, 1.82) is 0 Å². The van der Waals surface area contributed by atoms with Crippen molar-refractivity contribution < 1.29 is 35.1 Å². The van der Waals surface area contributed by atoms with Crippen molar-refractivity contribution in [3.8, 4) is 0 Å². The molecule has 0 aromatic carbocycles. The second kappa shape index (κ2) is 4.22. The highest BCUT2D eigenvalue weighted by Gasteiger charge is 2.61. The van der Waals surface area contributed by atoms with Crippen LogP contribution in [0.2, 0.25) is 5.15 Å². The first kappa shape index (κ1) is 14.9. The van der Waals surface area contributed by atoms with Crippen LogP contribution in [0.25, 0.3) is 0 Å². The van der Waals surface area contributed by atoms with Crippen LogP contribution in [0.3, 0.4) is 0 Å². The molecule has 10 heteroatoms. The number of halogens is 9. The average molecular weight is 300 g/mol. The molecule has 0 aliphatic rings. The molecule has 1 nitrogen and oxygen atoms in total. The molecular formula is C8H2ClF8N. The quantitative estimate of drug-likeness (QED) is 0.553. The van der Waals surface area contributed by atoms with Gasteiger partial charge in [0.05, 0.1) is 5.56 Å². The van der Waals surface area contributed by atoms with Crippen LogP contribution < -0.4 is 0 Å². The first-order valence-electron chi connectivity index (χ1n) is 4.06. The van der Waals surface area contributed by atoms with E-state index >= 15 is 0 Å². The lowest BCUT2D eigenvalue weighted by Gasteiger charge is -2.22. The maximum Gasteiger partial charge on any atom is 0.458 e. The minimum Gasteiger partial charge on any atom is -0.231 e. The van der Waals surface area contributed by atoms with Gasteiger partial charge in [-0.15, -0.1) is 0 Å². The van der Waals surface area contributed by atoms with Crippen molar-refractivity contribution in [3.05, 3.63) is 28.5 Å². The highest BCUT2D eigenvalue weighted by molar-refractivity contribution is 6.29. The van der Waals surface area contributed by atoms with Crippen molar-refractivity contribution in [2.75, 3.05) is 0 Å². The van der Waals surface area contributed by atoms with Crippen LogP contribution in [0.15, 0.2) is 12.1 Å². The minimum absolute atomic E-state index is 0.0500. The highest BCUT2D eigenvalue weighted by Crippen LogP contribution is 2.47. The zero-order valence-corrected chi connectivity index (χ0v) is 8.76. The third-order valence-electron chi connectivity index (χ3n) is 1.82. The van der Waals surface area contributed by atoms with E-state index in [2.05, 4.69) is 4.98 Å². The van der Waals surface area contributed by atoms with Crippen LogP contribution in [0.5, 0.6) is 0 Å². The van der Waals surface area contributed by atoms with Gasteiger partial charge in [0.15, 0.2) is 5.69 Å². The lowest BCUT2D eigenvalue weighted by molar-refractivity contribution is -0.291. The molecule has 0 amide bonds. The van der Waals surface area contributed by atoms with E-state index in [1.165, 1.54) is 0 Å². The molecule has 0 atom stereocenters. The average Bonchev–Trinajstić information content (AvgIpc) is 2.13. The van der Waals surface area contributed by atoms with Crippen LogP contribution in [-0.4, -0.2) is 11.2 Å². The summed E-state index contributed by atoms with van der Waals surface area (Å²) < 4.78 is 98.8. The van der Waals surface area contributed by atoms with Gasteiger partial charge in [0.25, 0.3) is 0 Å². The van der Waals surface area contributed by atoms with E-state index in [1.54, 1.807) is 0 Å². The summed E-state index contributed by atoms with van der Waals surface area (Å²) in [6.45, 7) is 0. The molecule has 0 bridgehead atoms. The van der Waals surface area contributed by atoms with Crippen LogP contribution in [0.1, 0.15) is 11.3 Å². The van der Waals surface area contributed by atoms with Gasteiger partial charge < -0.3 is 0 Å². The zero-order valence-electron chi connectivity index (χ0n) is 8.00. The van der Waals surface area contributed by atoms with E-state index in [1.807, 2.05) is 0 Å². The molecule has 0 radical (unpaired) electrons. The van der Waals surface area contributed by atoms with Gasteiger partial charge in [-0.2, -0.15) is 35.1 Å². The molecule has 1 aromatic rings. The van der Waals surface area contributed by atoms with E-state index in [-0.39, 0.29) is 6.07 Å². The number of alkyl halides is 8. The zero-order chi connectivity index (χ0) is 14.4. The number of rotatable bonds is 1. The Morgan fingerprint density at radius 2 is 1.39 bits per heavy atom. The van der Waals surface area contributed by atoms with E-state index in [0.717, 1.165) is 0 Å². The summed E-state index contributed by atoms with van der Waals surface area (Å²) in [6.07, 6.45) is -11.6. The third kappa shape index (κ3) is 2.65. The summed E-state index contributed by atoms with van der Waals surface area (Å²) in [5.41, 5.74) is -4.65. The molecule has 0 aliphatic heterocycles. The summed E-state index contributed by atoms with van der Waals surface area (Å²) in [7, 11) is 0. The van der Waals surface area contributed by atoms with E-state index in [9.17, 15) is 35.1 Å². The fourth-order valence-electron chi connectivity index (χ4n) is 1.06. The van der Waals surface area contributed by atoms with Gasteiger partial charge in [-0.1, -0.05) is 11.6 Å². The molecule has 1 aromatic heterocycles. The first-order valence-corrected chi connectivity index (χ1v) is 4.44. The largest absolute Gasteiger partial charge is 0.458 e. The van der Waals surface area contributed by atoms with Crippen molar-refractivity contribution in [3.63, 3.8) is 0 Å². The highest BCUT2D eigenvalue weighted by atomic mass is 35.5. The van der Waals surface area contributed by atoms with E-state index in [4.69, 9.17) is 11.6 Å². The maximum atomic E-state index is 12.9. The van der Waals surface area contributed by atoms with Gasteiger partial charge in [-0.3, -0.25) is 0 Å². The first-order chi connectivity index (χ1) is 7.87. The van der Waals surface area contributed by atoms with Gasteiger partial charge in [-0.05, 0) is 12.1 Å². The van der Waals surface area contributed by atoms with Crippen LogP contribution >= 0.6 is 11.6 Å². The van der Waals surface area contributed by atoms with E-state index < -0.39 is 34.7 Å². The Morgan fingerprint density at radius 1 is 0.889 bits per heavy atom. The summed E-state index contributed by atoms with van der Waals surface area (Å²) >= 11 is 5.05. The normalized spacial score (nSPS) is 13.8. The number of hydrogen-bond acceptors (Lipinski definition) is 1. The minimum atomic E-state index is -6.16. The molecule has 0 saturated carbocycles. The standard InChI is InChI=1S/C8H2ClF8N/c9-4-2-1-3(5(18-4)7(12,13)14)6(10,11)8(15,16)17/h1-2H. The number of pyridine rings is 1. The summed E-state index contributed by atoms with van der Waals surface area (Å²) in [5.74, 6) is -5.67. The van der Waals surface area contributed by atoms with Gasteiger partial charge in [-0.25, -0.2) is 4.98 Å². The molecule has 0 unspecified atom stereocenters. The third-order valence-corrected chi connectivity index (χ3v) is 2.03. The monoisotopic (exact) mass is 299 g/mol. The summed E-state index contributed by atoms with van der Waals surface area (Å²) in [5, 5.41) is -0.843. The second-order valence-corrected chi connectivity index (χ2v) is 3.49. The number of aromatic nitrogens is 1. The number of nitrogens with zero attached hydrogens (tertiary/aromatic N) is 1. The fourth-order valence-corrected chi connectivity index (χ4v) is 1.20. The maximum absolute atomic E-state index is 12.9. The van der Waals surface area contributed by atoms with Gasteiger partial charge in [0, 0.05) is 0 Å². The Balaban J connectivity index is 3.52. The molecule has 18 heavy (non-hydrogen) atoms. The summed E-state index contributed by atoms with van der Waals surface area (Å²) in [6, 6.07) is 0.372. The molecule has 0 saturated heterocycles. The SMILES string of the molecule is FC(F)(F)c1nc(Cl)ccc1C(F)(F)C(F)(F)F. The molecule has 0 aliphatic carbocycles. The van der Waals surface area contributed by atoms with Gasteiger partial charge in [0.1, 0.15) is 5.15 Å². The summed E-state index contributed by atoms with van der Waals surface area (Å²) in [4.78, 5) is 2.48. The van der Waals surface area contributed by atoms with Crippen LogP contribution in [0.4, 0.5) is 35.1 Å². The van der Waals surface area contributed by atoms with Crippen LogP contribution in [-0.2, 0) is 12.1 Å². The molecule has 1 rings (SSSR count). The predicted molar refractivity (Wildman–Crippen MR) is 44.2 cm³/mol. The molecule has 0 spiro atoms. The van der Waals surface area contributed by atoms with Crippen molar-refractivity contribution in [2.24, 2.45) is 0 Å². The van der Waals surface area contributed by atoms with E-state index in [0.29, 0.717) is 6.07 Å². The fraction of sp³-hybridized carbons (Fsp3) is 0.375. The topological polar surface area (TPSA) is 12.9 Å². The Morgan fingerprint density at radius 3 is 1.78 bits per heavy atom. The van der Waals surface area contributed by atoms with Crippen molar-refractivity contribution >= 4 is 11.6 Å². The van der Waals surface area contributed by atoms with Gasteiger partial charge in [0.2, 0.25) is 0 Å². The Labute approximate surface area is 99.4 Å². The van der Waals surface area contributed by atoms with Gasteiger partial charge >= 0.3 is 18.3 Å². The Hall–Kier alpha value is -1.12. The smallest absolute Gasteiger partial charge is 0.231 e. The Kier molecular flexibility index (Phi) is 3.50. The molecule has 0 N–H and O–H groups in total. The lowest BCUT2D eigenvalue weighted by Crippen LogP contribution is -2.36. The number of hydrogen-bond donors (Lipinski definition) is 0.